The van der Waals surface area contributed by atoms with Crippen LogP contribution in [0.1, 0.15) is 19.4 Å². The SMILES string of the molecule is CC.CSc1cc(F)ccc1C. The van der Waals surface area contributed by atoms with Crippen molar-refractivity contribution in [1.29, 1.82) is 0 Å². The van der Waals surface area contributed by atoms with Crippen LogP contribution in [0.15, 0.2) is 23.1 Å². The average Bonchev–Trinajstić information content (AvgIpc) is 2.13. The van der Waals surface area contributed by atoms with Gasteiger partial charge in [-0.3, -0.25) is 0 Å². The summed E-state index contributed by atoms with van der Waals surface area (Å²) in [5, 5.41) is 0. The highest BCUT2D eigenvalue weighted by atomic mass is 32.2. The molecule has 0 radical (unpaired) electrons. The standard InChI is InChI=1S/C8H9FS.C2H6/c1-6-3-4-7(9)5-8(6)10-2;1-2/h3-5H,1-2H3;1-2H3. The van der Waals surface area contributed by atoms with Crippen LogP contribution in [0.4, 0.5) is 4.39 Å². The van der Waals surface area contributed by atoms with Crippen molar-refractivity contribution >= 4 is 11.8 Å². The largest absolute Gasteiger partial charge is 0.207 e. The molecule has 0 saturated carbocycles. The van der Waals surface area contributed by atoms with E-state index < -0.39 is 0 Å². The molecule has 1 aromatic carbocycles. The van der Waals surface area contributed by atoms with Crippen molar-refractivity contribution in [3.05, 3.63) is 29.6 Å². The highest BCUT2D eigenvalue weighted by molar-refractivity contribution is 7.98. The van der Waals surface area contributed by atoms with Crippen LogP contribution in [0.3, 0.4) is 0 Å². The van der Waals surface area contributed by atoms with E-state index in [-0.39, 0.29) is 5.82 Å². The first-order valence-electron chi connectivity index (χ1n) is 4.04. The summed E-state index contributed by atoms with van der Waals surface area (Å²) in [6.45, 7) is 5.98. The molecule has 2 heteroatoms. The number of hydrogen-bond donors (Lipinski definition) is 0. The molecule has 0 N–H and O–H groups in total. The molecule has 0 atom stereocenters. The van der Waals surface area contributed by atoms with Gasteiger partial charge in [0.25, 0.3) is 0 Å². The van der Waals surface area contributed by atoms with Crippen molar-refractivity contribution in [1.82, 2.24) is 0 Å². The van der Waals surface area contributed by atoms with Gasteiger partial charge in [0.1, 0.15) is 5.82 Å². The smallest absolute Gasteiger partial charge is 0.124 e. The van der Waals surface area contributed by atoms with Gasteiger partial charge in [-0.1, -0.05) is 19.9 Å². The van der Waals surface area contributed by atoms with Gasteiger partial charge in [-0.25, -0.2) is 4.39 Å². The number of halogens is 1. The molecule has 0 bridgehead atoms. The van der Waals surface area contributed by atoms with Gasteiger partial charge in [-0.2, -0.15) is 0 Å². The summed E-state index contributed by atoms with van der Waals surface area (Å²) in [6, 6.07) is 4.83. The van der Waals surface area contributed by atoms with Crippen molar-refractivity contribution in [2.24, 2.45) is 0 Å². The summed E-state index contributed by atoms with van der Waals surface area (Å²) < 4.78 is 12.5. The molecule has 0 amide bonds. The lowest BCUT2D eigenvalue weighted by Gasteiger charge is -1.99. The van der Waals surface area contributed by atoms with E-state index in [1.807, 2.05) is 27.0 Å². The van der Waals surface area contributed by atoms with Crippen LogP contribution in [0, 0.1) is 12.7 Å². The van der Waals surface area contributed by atoms with E-state index in [0.717, 1.165) is 10.5 Å². The Morgan fingerprint density at radius 3 is 2.25 bits per heavy atom. The van der Waals surface area contributed by atoms with Crippen molar-refractivity contribution < 1.29 is 4.39 Å². The van der Waals surface area contributed by atoms with Crippen molar-refractivity contribution in [3.8, 4) is 0 Å². The number of hydrogen-bond acceptors (Lipinski definition) is 1. The van der Waals surface area contributed by atoms with E-state index in [1.54, 1.807) is 23.9 Å². The monoisotopic (exact) mass is 186 g/mol. The van der Waals surface area contributed by atoms with Gasteiger partial charge in [0.2, 0.25) is 0 Å². The molecular weight excluding hydrogens is 171 g/mol. The quantitative estimate of drug-likeness (QED) is 0.600. The van der Waals surface area contributed by atoms with E-state index in [1.165, 1.54) is 6.07 Å². The van der Waals surface area contributed by atoms with Crippen LogP contribution in [0.2, 0.25) is 0 Å². The van der Waals surface area contributed by atoms with E-state index in [0.29, 0.717) is 0 Å². The normalized spacial score (nSPS) is 8.75. The van der Waals surface area contributed by atoms with E-state index in [9.17, 15) is 4.39 Å². The van der Waals surface area contributed by atoms with Gasteiger partial charge in [0.05, 0.1) is 0 Å². The summed E-state index contributed by atoms with van der Waals surface area (Å²) in [4.78, 5) is 1.01. The van der Waals surface area contributed by atoms with Crippen molar-refractivity contribution in [2.45, 2.75) is 25.7 Å². The second kappa shape index (κ2) is 6.06. The predicted octanol–water partition coefficient (Wildman–Crippen LogP) is 3.88. The highest BCUT2D eigenvalue weighted by Gasteiger charge is 1.96. The zero-order valence-electron chi connectivity index (χ0n) is 8.02. The molecule has 0 heterocycles. The molecule has 0 aliphatic carbocycles. The van der Waals surface area contributed by atoms with Gasteiger partial charge >= 0.3 is 0 Å². The maximum Gasteiger partial charge on any atom is 0.124 e. The highest BCUT2D eigenvalue weighted by Crippen LogP contribution is 2.19. The Kier molecular flexibility index (Phi) is 5.81. The Balaban J connectivity index is 0.000000561. The van der Waals surface area contributed by atoms with Crippen LogP contribution in [-0.2, 0) is 0 Å². The molecule has 0 nitrogen and oxygen atoms in total. The molecule has 0 fully saturated rings. The lowest BCUT2D eigenvalue weighted by atomic mass is 10.2. The summed E-state index contributed by atoms with van der Waals surface area (Å²) in [5.41, 5.74) is 1.13. The Labute approximate surface area is 78.2 Å². The first kappa shape index (κ1) is 11.5. The summed E-state index contributed by atoms with van der Waals surface area (Å²) in [5.74, 6) is -0.157. The zero-order valence-corrected chi connectivity index (χ0v) is 8.83. The number of thioether (sulfide) groups is 1. The van der Waals surface area contributed by atoms with Crippen molar-refractivity contribution in [3.63, 3.8) is 0 Å². The Morgan fingerprint density at radius 2 is 1.83 bits per heavy atom. The van der Waals surface area contributed by atoms with Crippen molar-refractivity contribution in [2.75, 3.05) is 6.26 Å². The molecule has 1 rings (SSSR count). The molecule has 0 saturated heterocycles. The van der Waals surface area contributed by atoms with E-state index >= 15 is 0 Å². The van der Waals surface area contributed by atoms with Crippen LogP contribution in [-0.4, -0.2) is 6.26 Å². The molecule has 0 aliphatic heterocycles. The van der Waals surface area contributed by atoms with Crippen LogP contribution < -0.4 is 0 Å². The van der Waals surface area contributed by atoms with Gasteiger partial charge in [-0.05, 0) is 30.9 Å². The first-order chi connectivity index (χ1) is 5.74. The maximum absolute atomic E-state index is 12.5. The molecule has 12 heavy (non-hydrogen) atoms. The summed E-state index contributed by atoms with van der Waals surface area (Å²) in [7, 11) is 0. The lowest BCUT2D eigenvalue weighted by Crippen LogP contribution is -1.79. The molecule has 0 aliphatic rings. The zero-order chi connectivity index (χ0) is 9.56. The third-order valence-electron chi connectivity index (χ3n) is 1.37. The molecule has 0 unspecified atom stereocenters. The fraction of sp³-hybridized carbons (Fsp3) is 0.400. The average molecular weight is 186 g/mol. The second-order valence-electron chi connectivity index (χ2n) is 2.11. The first-order valence-corrected chi connectivity index (χ1v) is 5.26. The lowest BCUT2D eigenvalue weighted by molar-refractivity contribution is 0.623. The molecule has 0 aromatic heterocycles. The van der Waals surface area contributed by atoms with Gasteiger partial charge in [0.15, 0.2) is 0 Å². The number of aryl methyl sites for hydroxylation is 1. The number of benzene rings is 1. The maximum atomic E-state index is 12.5. The molecule has 68 valence electrons. The number of rotatable bonds is 1. The van der Waals surface area contributed by atoms with E-state index in [2.05, 4.69) is 0 Å². The fourth-order valence-electron chi connectivity index (χ4n) is 0.794. The van der Waals surface area contributed by atoms with Crippen LogP contribution in [0.25, 0.3) is 0 Å². The fourth-order valence-corrected chi connectivity index (χ4v) is 1.41. The minimum atomic E-state index is -0.157. The molecular formula is C10H15FS. The molecule has 0 spiro atoms. The summed E-state index contributed by atoms with van der Waals surface area (Å²) in [6.07, 6.45) is 1.95. The van der Waals surface area contributed by atoms with Crippen LogP contribution in [0.5, 0.6) is 0 Å². The molecule has 1 aromatic rings. The summed E-state index contributed by atoms with van der Waals surface area (Å²) >= 11 is 1.57. The van der Waals surface area contributed by atoms with Gasteiger partial charge < -0.3 is 0 Å². The Hall–Kier alpha value is -0.500. The van der Waals surface area contributed by atoms with Gasteiger partial charge in [-0.15, -0.1) is 11.8 Å². The van der Waals surface area contributed by atoms with E-state index in [4.69, 9.17) is 0 Å². The minimum absolute atomic E-state index is 0.157. The predicted molar refractivity (Wildman–Crippen MR) is 54.3 cm³/mol. The topological polar surface area (TPSA) is 0 Å². The third-order valence-corrected chi connectivity index (χ3v) is 2.25. The Morgan fingerprint density at radius 1 is 1.25 bits per heavy atom. The second-order valence-corrected chi connectivity index (χ2v) is 2.96. The van der Waals surface area contributed by atoms with Crippen LogP contribution >= 0.6 is 11.8 Å². The Bertz CT molecular complexity index is 233. The van der Waals surface area contributed by atoms with Gasteiger partial charge in [0, 0.05) is 4.90 Å². The third kappa shape index (κ3) is 3.26. The minimum Gasteiger partial charge on any atom is -0.207 e.